The predicted octanol–water partition coefficient (Wildman–Crippen LogP) is 1.00. The Balaban J connectivity index is 2.88. The summed E-state index contributed by atoms with van der Waals surface area (Å²) >= 11 is 0. The number of hydrogen-bond acceptors (Lipinski definition) is 3. The number of carbonyl (C=O) groups excluding carboxylic acids is 2. The summed E-state index contributed by atoms with van der Waals surface area (Å²) < 4.78 is 5.11. The van der Waals surface area contributed by atoms with Crippen molar-refractivity contribution < 1.29 is 14.3 Å². The van der Waals surface area contributed by atoms with Gasteiger partial charge in [-0.2, -0.15) is 0 Å². The van der Waals surface area contributed by atoms with Crippen LogP contribution in [0.5, 0.6) is 0 Å². The lowest BCUT2D eigenvalue weighted by atomic mass is 10.1. The van der Waals surface area contributed by atoms with Gasteiger partial charge in [0.2, 0.25) is 11.6 Å². The van der Waals surface area contributed by atoms with Gasteiger partial charge in [0.15, 0.2) is 6.10 Å². The summed E-state index contributed by atoms with van der Waals surface area (Å²) in [5.74, 6) is -0.497. The van der Waals surface area contributed by atoms with E-state index in [0.717, 1.165) is 0 Å². The van der Waals surface area contributed by atoms with Crippen molar-refractivity contribution in [2.45, 2.75) is 20.0 Å². The molecule has 1 aliphatic rings. The molecule has 64 valence electrons. The number of ether oxygens (including phenoxy) is 1. The predicted molar refractivity (Wildman–Crippen MR) is 43.5 cm³/mol. The Morgan fingerprint density at radius 3 is 2.75 bits per heavy atom. The van der Waals surface area contributed by atoms with E-state index in [4.69, 9.17) is 4.74 Å². The number of hydrogen-bond donors (Lipinski definition) is 0. The molecule has 3 nitrogen and oxygen atoms in total. The second-order valence-electron chi connectivity index (χ2n) is 2.55. The smallest absolute Gasteiger partial charge is 0.247 e. The molecule has 1 heterocycles. The maximum Gasteiger partial charge on any atom is 0.247 e. The van der Waals surface area contributed by atoms with E-state index in [9.17, 15) is 9.59 Å². The first-order chi connectivity index (χ1) is 5.65. The van der Waals surface area contributed by atoms with Gasteiger partial charge in [0.05, 0.1) is 5.76 Å². The minimum atomic E-state index is -0.715. The minimum Gasteiger partial charge on any atom is -0.483 e. The van der Waals surface area contributed by atoms with Crippen LogP contribution in [-0.2, 0) is 14.3 Å². The molecule has 0 radical (unpaired) electrons. The summed E-state index contributed by atoms with van der Waals surface area (Å²) in [7, 11) is 0. The lowest BCUT2D eigenvalue weighted by molar-refractivity contribution is -0.139. The van der Waals surface area contributed by atoms with Crippen molar-refractivity contribution in [3.63, 3.8) is 0 Å². The molecule has 1 atom stereocenters. The molecule has 3 heteroatoms. The van der Waals surface area contributed by atoms with E-state index in [0.29, 0.717) is 5.76 Å². The van der Waals surface area contributed by atoms with Gasteiger partial charge in [-0.25, -0.2) is 0 Å². The molecule has 0 N–H and O–H groups in total. The molecule has 0 saturated heterocycles. The summed E-state index contributed by atoms with van der Waals surface area (Å²) in [6.07, 6.45) is 3.75. The molecule has 0 amide bonds. The third kappa shape index (κ3) is 1.61. The number of allylic oxidation sites excluding steroid dienone is 3. The number of rotatable bonds is 1. The van der Waals surface area contributed by atoms with E-state index in [2.05, 4.69) is 0 Å². The van der Waals surface area contributed by atoms with Crippen LogP contribution >= 0.6 is 0 Å². The second-order valence-corrected chi connectivity index (χ2v) is 2.55. The first kappa shape index (κ1) is 8.71. The zero-order valence-corrected chi connectivity index (χ0v) is 7.03. The lowest BCUT2D eigenvalue weighted by Gasteiger charge is -2.17. The van der Waals surface area contributed by atoms with E-state index in [-0.39, 0.29) is 0 Å². The maximum absolute atomic E-state index is 11.1. The van der Waals surface area contributed by atoms with Crippen molar-refractivity contribution >= 4 is 11.6 Å². The lowest BCUT2D eigenvalue weighted by Crippen LogP contribution is -2.31. The molecule has 0 bridgehead atoms. The Morgan fingerprint density at radius 2 is 2.17 bits per heavy atom. The van der Waals surface area contributed by atoms with Gasteiger partial charge in [0.1, 0.15) is 0 Å². The topological polar surface area (TPSA) is 43.4 Å². The first-order valence-electron chi connectivity index (χ1n) is 3.71. The fourth-order valence-electron chi connectivity index (χ4n) is 0.985. The van der Waals surface area contributed by atoms with Crippen LogP contribution in [-0.4, -0.2) is 17.7 Å². The number of Topliss-reactive ketones (excluding diaryl/α,β-unsaturated/α-hetero) is 1. The molecular weight excluding hydrogens is 156 g/mol. The summed E-state index contributed by atoms with van der Waals surface area (Å²) in [5.41, 5.74) is 0. The fraction of sp³-hybridized carbons (Fsp3) is 0.333. The first-order valence-corrected chi connectivity index (χ1v) is 3.71. The molecule has 12 heavy (non-hydrogen) atoms. The quantitative estimate of drug-likeness (QED) is 0.431. The van der Waals surface area contributed by atoms with Crippen molar-refractivity contribution in [2.24, 2.45) is 0 Å². The second kappa shape index (κ2) is 3.34. The van der Waals surface area contributed by atoms with E-state index >= 15 is 0 Å². The van der Waals surface area contributed by atoms with Crippen LogP contribution < -0.4 is 0 Å². The molecule has 0 aromatic carbocycles. The standard InChI is InChI=1S/C9H10O3/c1-3-4-8-9(11)7(10)5-6(2)12-8/h3-5,8H,1-2H3/b4-3+. The highest BCUT2D eigenvalue weighted by Gasteiger charge is 2.27. The molecule has 1 rings (SSSR count). The van der Waals surface area contributed by atoms with Crippen LogP contribution in [0.1, 0.15) is 13.8 Å². The normalized spacial score (nSPS) is 24.2. The van der Waals surface area contributed by atoms with E-state index in [1.54, 1.807) is 26.0 Å². The molecule has 0 saturated carbocycles. The highest BCUT2D eigenvalue weighted by atomic mass is 16.5. The summed E-state index contributed by atoms with van der Waals surface area (Å²) in [4.78, 5) is 22.0. The van der Waals surface area contributed by atoms with Crippen molar-refractivity contribution in [1.29, 1.82) is 0 Å². The van der Waals surface area contributed by atoms with Gasteiger partial charge in [-0.05, 0) is 19.9 Å². The molecule has 1 unspecified atom stereocenters. The van der Waals surface area contributed by atoms with Crippen molar-refractivity contribution in [2.75, 3.05) is 0 Å². The summed E-state index contributed by atoms with van der Waals surface area (Å²) in [5, 5.41) is 0. The Kier molecular flexibility index (Phi) is 2.43. The van der Waals surface area contributed by atoms with Gasteiger partial charge in [-0.1, -0.05) is 6.08 Å². The van der Waals surface area contributed by atoms with Crippen molar-refractivity contribution in [3.8, 4) is 0 Å². The SMILES string of the molecule is C/C=C/C1OC(C)=CC(=O)C1=O. The summed E-state index contributed by atoms with van der Waals surface area (Å²) in [6, 6.07) is 0. The zero-order valence-electron chi connectivity index (χ0n) is 7.03. The molecule has 0 aromatic heterocycles. The van der Waals surface area contributed by atoms with Gasteiger partial charge >= 0.3 is 0 Å². The molecule has 0 aliphatic carbocycles. The van der Waals surface area contributed by atoms with Gasteiger partial charge < -0.3 is 4.74 Å². The third-order valence-corrected chi connectivity index (χ3v) is 1.52. The van der Waals surface area contributed by atoms with Gasteiger partial charge in [-0.15, -0.1) is 0 Å². The van der Waals surface area contributed by atoms with Gasteiger partial charge in [-0.3, -0.25) is 9.59 Å². The van der Waals surface area contributed by atoms with Crippen LogP contribution in [0.15, 0.2) is 24.0 Å². The third-order valence-electron chi connectivity index (χ3n) is 1.52. The van der Waals surface area contributed by atoms with Crippen LogP contribution in [0.2, 0.25) is 0 Å². The Bertz CT molecular complexity index is 273. The van der Waals surface area contributed by atoms with Gasteiger partial charge in [0.25, 0.3) is 0 Å². The highest BCUT2D eigenvalue weighted by Crippen LogP contribution is 2.11. The van der Waals surface area contributed by atoms with E-state index < -0.39 is 17.7 Å². The fourth-order valence-corrected chi connectivity index (χ4v) is 0.985. The minimum absolute atomic E-state index is 0.484. The Labute approximate surface area is 70.7 Å². The Hall–Kier alpha value is -1.38. The molecular formula is C9H10O3. The molecule has 0 fully saturated rings. The largest absolute Gasteiger partial charge is 0.483 e. The van der Waals surface area contributed by atoms with Crippen molar-refractivity contribution in [1.82, 2.24) is 0 Å². The highest BCUT2D eigenvalue weighted by molar-refractivity contribution is 6.44. The van der Waals surface area contributed by atoms with E-state index in [1.165, 1.54) is 6.08 Å². The number of ketones is 2. The van der Waals surface area contributed by atoms with E-state index in [1.807, 2.05) is 0 Å². The molecule has 1 aliphatic heterocycles. The van der Waals surface area contributed by atoms with Crippen LogP contribution in [0.3, 0.4) is 0 Å². The van der Waals surface area contributed by atoms with Crippen LogP contribution in [0, 0.1) is 0 Å². The molecule has 0 spiro atoms. The van der Waals surface area contributed by atoms with Crippen LogP contribution in [0.25, 0.3) is 0 Å². The number of carbonyl (C=O) groups is 2. The molecule has 0 aromatic rings. The van der Waals surface area contributed by atoms with Crippen LogP contribution in [0.4, 0.5) is 0 Å². The maximum atomic E-state index is 11.1. The summed E-state index contributed by atoms with van der Waals surface area (Å²) in [6.45, 7) is 3.43. The average molecular weight is 166 g/mol. The zero-order chi connectivity index (χ0) is 9.14. The Morgan fingerprint density at radius 1 is 1.50 bits per heavy atom. The van der Waals surface area contributed by atoms with Gasteiger partial charge in [0, 0.05) is 6.08 Å². The monoisotopic (exact) mass is 166 g/mol. The average Bonchev–Trinajstić information content (AvgIpc) is 2.00. The van der Waals surface area contributed by atoms with Crippen molar-refractivity contribution in [3.05, 3.63) is 24.0 Å².